The summed E-state index contributed by atoms with van der Waals surface area (Å²) in [7, 11) is 3.06. The molecule has 0 fully saturated rings. The highest BCUT2D eigenvalue weighted by molar-refractivity contribution is 6.35. The Morgan fingerprint density at radius 2 is 2.04 bits per heavy atom. The molecule has 3 aromatic rings. The maximum absolute atomic E-state index is 12.9. The Morgan fingerprint density at radius 1 is 1.21 bits per heavy atom. The fourth-order valence-corrected chi connectivity index (χ4v) is 3.45. The number of halogens is 1. The molecule has 1 aliphatic rings. The maximum Gasteiger partial charge on any atom is 0.262 e. The minimum absolute atomic E-state index is 0.180. The number of aromatic nitrogens is 4. The fourth-order valence-electron chi connectivity index (χ4n) is 3.15. The molecule has 9 heteroatoms. The maximum atomic E-state index is 12.9. The lowest BCUT2D eigenvalue weighted by Gasteiger charge is -2.11. The van der Waals surface area contributed by atoms with Crippen LogP contribution in [0.25, 0.3) is 11.3 Å². The predicted octanol–water partition coefficient (Wildman–Crippen LogP) is 3.19. The molecule has 0 radical (unpaired) electrons. The number of carbonyl (C=O) groups excluding carboxylic acids is 1. The fraction of sp³-hybridized carbons (Fsp3) is 0.263. The van der Waals surface area contributed by atoms with Gasteiger partial charge in [-0.15, -0.1) is 0 Å². The van der Waals surface area contributed by atoms with Crippen LogP contribution < -0.4 is 14.4 Å². The summed E-state index contributed by atoms with van der Waals surface area (Å²) < 4.78 is 12.2. The first-order valence-corrected chi connectivity index (χ1v) is 9.05. The predicted molar refractivity (Wildman–Crippen MR) is 104 cm³/mol. The van der Waals surface area contributed by atoms with Crippen LogP contribution in [0, 0.1) is 0 Å². The third-order valence-electron chi connectivity index (χ3n) is 4.60. The standard InChI is InChI=1S/C19H18ClN5O3/c1-4-24-9-12(8-22-24)25-10-15-17(19(25)26)13(20)6-14(23-15)11-5-16(27-2)18(28-3)21-7-11/h5-9H,4,10H2,1-3H3. The van der Waals surface area contributed by atoms with Gasteiger partial charge >= 0.3 is 0 Å². The highest BCUT2D eigenvalue weighted by Gasteiger charge is 2.33. The summed E-state index contributed by atoms with van der Waals surface area (Å²) in [5, 5.41) is 4.59. The van der Waals surface area contributed by atoms with Crippen molar-refractivity contribution in [3.8, 4) is 22.9 Å². The third kappa shape index (κ3) is 2.95. The molecule has 0 N–H and O–H groups in total. The van der Waals surface area contributed by atoms with Gasteiger partial charge in [0.2, 0.25) is 0 Å². The summed E-state index contributed by atoms with van der Waals surface area (Å²) >= 11 is 6.45. The molecule has 0 bridgehead atoms. The number of fused-ring (bicyclic) bond motifs is 1. The van der Waals surface area contributed by atoms with Crippen molar-refractivity contribution >= 4 is 23.2 Å². The Kier molecular flexibility index (Phi) is 4.64. The number of ether oxygens (including phenoxy) is 2. The van der Waals surface area contributed by atoms with E-state index in [4.69, 9.17) is 21.1 Å². The largest absolute Gasteiger partial charge is 0.491 e. The minimum Gasteiger partial charge on any atom is -0.491 e. The van der Waals surface area contributed by atoms with E-state index in [0.717, 1.165) is 12.2 Å². The number of aryl methyl sites for hydroxylation is 1. The van der Waals surface area contributed by atoms with E-state index in [1.807, 2.05) is 13.1 Å². The van der Waals surface area contributed by atoms with Gasteiger partial charge in [-0.3, -0.25) is 14.4 Å². The number of amides is 1. The van der Waals surface area contributed by atoms with E-state index in [-0.39, 0.29) is 5.91 Å². The average Bonchev–Trinajstić information content (AvgIpc) is 3.31. The first-order chi connectivity index (χ1) is 13.5. The molecule has 3 aromatic heterocycles. The van der Waals surface area contributed by atoms with E-state index < -0.39 is 0 Å². The van der Waals surface area contributed by atoms with Crippen LogP contribution in [0.1, 0.15) is 23.0 Å². The van der Waals surface area contributed by atoms with Gasteiger partial charge in [0.25, 0.3) is 11.8 Å². The van der Waals surface area contributed by atoms with Gasteiger partial charge < -0.3 is 9.47 Å². The van der Waals surface area contributed by atoms with Gasteiger partial charge in [0, 0.05) is 24.5 Å². The Balaban J connectivity index is 1.72. The lowest BCUT2D eigenvalue weighted by Crippen LogP contribution is -2.22. The van der Waals surface area contributed by atoms with Gasteiger partial charge in [-0.1, -0.05) is 11.6 Å². The first kappa shape index (κ1) is 18.2. The molecule has 8 nitrogen and oxygen atoms in total. The Bertz CT molecular complexity index is 1070. The van der Waals surface area contributed by atoms with Crippen LogP contribution in [0.4, 0.5) is 5.69 Å². The van der Waals surface area contributed by atoms with Gasteiger partial charge in [-0.2, -0.15) is 5.10 Å². The molecule has 28 heavy (non-hydrogen) atoms. The molecule has 144 valence electrons. The van der Waals surface area contributed by atoms with E-state index >= 15 is 0 Å². The number of anilines is 1. The molecule has 0 aliphatic carbocycles. The van der Waals surface area contributed by atoms with Crippen molar-refractivity contribution in [1.82, 2.24) is 19.7 Å². The third-order valence-corrected chi connectivity index (χ3v) is 4.89. The van der Waals surface area contributed by atoms with Crippen LogP contribution >= 0.6 is 11.6 Å². The zero-order valence-electron chi connectivity index (χ0n) is 15.6. The van der Waals surface area contributed by atoms with E-state index in [1.165, 1.54) is 7.11 Å². The average molecular weight is 400 g/mol. The smallest absolute Gasteiger partial charge is 0.262 e. The van der Waals surface area contributed by atoms with Crippen molar-refractivity contribution in [3.05, 3.63) is 47.0 Å². The summed E-state index contributed by atoms with van der Waals surface area (Å²) in [6.07, 6.45) is 5.13. The molecule has 0 aromatic carbocycles. The first-order valence-electron chi connectivity index (χ1n) is 8.67. The molecule has 0 saturated carbocycles. The van der Waals surface area contributed by atoms with E-state index in [2.05, 4.69) is 15.1 Å². The molecule has 1 aliphatic heterocycles. The molecular formula is C19H18ClN5O3. The Morgan fingerprint density at radius 3 is 2.71 bits per heavy atom. The lowest BCUT2D eigenvalue weighted by atomic mass is 10.1. The number of nitrogens with zero attached hydrogens (tertiary/aromatic N) is 5. The molecule has 4 rings (SSSR count). The molecular weight excluding hydrogens is 382 g/mol. The number of methoxy groups -OCH3 is 2. The van der Waals surface area contributed by atoms with Crippen LogP contribution in [0.5, 0.6) is 11.6 Å². The van der Waals surface area contributed by atoms with Gasteiger partial charge in [0.15, 0.2) is 5.75 Å². The van der Waals surface area contributed by atoms with Crippen LogP contribution in [-0.2, 0) is 13.1 Å². The van der Waals surface area contributed by atoms with Crippen LogP contribution in [0.3, 0.4) is 0 Å². The summed E-state index contributed by atoms with van der Waals surface area (Å²) in [5.74, 6) is 0.691. The summed E-state index contributed by atoms with van der Waals surface area (Å²) in [6, 6.07) is 3.44. The normalized spacial score (nSPS) is 13.0. The van der Waals surface area contributed by atoms with Crippen LogP contribution in [-0.4, -0.2) is 39.9 Å². The Hall–Kier alpha value is -3.13. The summed E-state index contributed by atoms with van der Waals surface area (Å²) in [6.45, 7) is 3.04. The van der Waals surface area contributed by atoms with E-state index in [1.54, 1.807) is 41.2 Å². The van der Waals surface area contributed by atoms with Crippen molar-refractivity contribution in [1.29, 1.82) is 0 Å². The number of carbonyl (C=O) groups is 1. The van der Waals surface area contributed by atoms with Crippen LogP contribution in [0.2, 0.25) is 5.02 Å². The van der Waals surface area contributed by atoms with Gasteiger partial charge in [0.1, 0.15) is 0 Å². The van der Waals surface area contributed by atoms with Gasteiger partial charge in [0.05, 0.1) is 54.6 Å². The highest BCUT2D eigenvalue weighted by atomic mass is 35.5. The van der Waals surface area contributed by atoms with Crippen molar-refractivity contribution in [3.63, 3.8) is 0 Å². The molecule has 1 amide bonds. The molecule has 0 unspecified atom stereocenters. The molecule has 0 spiro atoms. The number of rotatable bonds is 5. The zero-order chi connectivity index (χ0) is 19.8. The van der Waals surface area contributed by atoms with Crippen molar-refractivity contribution in [2.24, 2.45) is 0 Å². The van der Waals surface area contributed by atoms with Gasteiger partial charge in [-0.25, -0.2) is 9.97 Å². The van der Waals surface area contributed by atoms with Crippen LogP contribution in [0.15, 0.2) is 30.7 Å². The van der Waals surface area contributed by atoms with Crippen molar-refractivity contribution in [2.45, 2.75) is 20.0 Å². The topological polar surface area (TPSA) is 82.4 Å². The SMILES string of the molecule is CCn1cc(N2Cc3nc(-c4cnc(OC)c(OC)c4)cc(Cl)c3C2=O)cn1. The molecule has 0 atom stereocenters. The minimum atomic E-state index is -0.180. The lowest BCUT2D eigenvalue weighted by molar-refractivity contribution is 0.0996. The second kappa shape index (κ2) is 7.12. The number of hydrogen-bond donors (Lipinski definition) is 0. The van der Waals surface area contributed by atoms with Gasteiger partial charge in [-0.05, 0) is 19.1 Å². The summed E-state index contributed by atoms with van der Waals surface area (Å²) in [5.41, 5.74) is 3.08. The number of hydrogen-bond acceptors (Lipinski definition) is 6. The molecule has 0 saturated heterocycles. The van der Waals surface area contributed by atoms with Crippen molar-refractivity contribution < 1.29 is 14.3 Å². The second-order valence-corrected chi connectivity index (χ2v) is 6.60. The van der Waals surface area contributed by atoms with E-state index in [0.29, 0.717) is 45.7 Å². The summed E-state index contributed by atoms with van der Waals surface area (Å²) in [4.78, 5) is 23.4. The Labute approximate surface area is 166 Å². The quantitative estimate of drug-likeness (QED) is 0.655. The van der Waals surface area contributed by atoms with Crippen molar-refractivity contribution in [2.75, 3.05) is 19.1 Å². The molecule has 4 heterocycles. The second-order valence-electron chi connectivity index (χ2n) is 6.19. The monoisotopic (exact) mass is 399 g/mol. The zero-order valence-corrected chi connectivity index (χ0v) is 16.4. The number of pyridine rings is 2. The van der Waals surface area contributed by atoms with E-state index in [9.17, 15) is 4.79 Å². The highest BCUT2D eigenvalue weighted by Crippen LogP contribution is 2.35.